The average Bonchev–Trinajstić information content (AvgIpc) is 3.35. The van der Waals surface area contributed by atoms with Gasteiger partial charge in [0.25, 0.3) is 0 Å². The third-order valence-corrected chi connectivity index (χ3v) is 5.11. The van der Waals surface area contributed by atoms with Crippen LogP contribution < -0.4 is 10.1 Å². The SMILES string of the molecule is COc1cccc(-c2nnn(CC(=O)Nc3cc(C)nn3C3CCCCC3)n2)c1. The van der Waals surface area contributed by atoms with E-state index in [2.05, 4.69) is 25.8 Å². The Labute approximate surface area is 169 Å². The summed E-state index contributed by atoms with van der Waals surface area (Å²) in [5, 5.41) is 19.9. The summed E-state index contributed by atoms with van der Waals surface area (Å²) in [4.78, 5) is 13.9. The lowest BCUT2D eigenvalue weighted by atomic mass is 9.96. The number of carbonyl (C=O) groups excluding carboxylic acids is 1. The quantitative estimate of drug-likeness (QED) is 0.689. The van der Waals surface area contributed by atoms with Crippen LogP contribution in [0.3, 0.4) is 0 Å². The molecule has 0 spiro atoms. The molecular weight excluding hydrogens is 370 g/mol. The minimum Gasteiger partial charge on any atom is -0.497 e. The van der Waals surface area contributed by atoms with Crippen molar-refractivity contribution in [3.05, 3.63) is 36.0 Å². The van der Waals surface area contributed by atoms with Crippen LogP contribution in [0, 0.1) is 6.92 Å². The molecule has 1 aliphatic rings. The van der Waals surface area contributed by atoms with Crippen LogP contribution >= 0.6 is 0 Å². The largest absolute Gasteiger partial charge is 0.497 e. The average molecular weight is 395 g/mol. The number of methoxy groups -OCH3 is 1. The number of hydrogen-bond acceptors (Lipinski definition) is 6. The first-order valence-electron chi connectivity index (χ1n) is 9.90. The van der Waals surface area contributed by atoms with E-state index in [1.165, 1.54) is 24.1 Å². The molecule has 3 aromatic rings. The highest BCUT2D eigenvalue weighted by molar-refractivity contribution is 5.89. The van der Waals surface area contributed by atoms with Gasteiger partial charge < -0.3 is 10.1 Å². The van der Waals surface area contributed by atoms with Gasteiger partial charge in [0.2, 0.25) is 11.7 Å². The molecule has 0 bridgehead atoms. The maximum Gasteiger partial charge on any atom is 0.249 e. The number of rotatable bonds is 6. The van der Waals surface area contributed by atoms with Gasteiger partial charge in [0.15, 0.2) is 0 Å². The van der Waals surface area contributed by atoms with Crippen molar-refractivity contribution >= 4 is 11.7 Å². The minimum atomic E-state index is -0.212. The van der Waals surface area contributed by atoms with Crippen LogP contribution in [0.2, 0.25) is 0 Å². The van der Waals surface area contributed by atoms with Gasteiger partial charge in [-0.15, -0.1) is 10.2 Å². The molecule has 1 aromatic carbocycles. The van der Waals surface area contributed by atoms with Crippen LogP contribution in [-0.2, 0) is 11.3 Å². The van der Waals surface area contributed by atoms with Crippen molar-refractivity contribution in [1.82, 2.24) is 30.0 Å². The third-order valence-electron chi connectivity index (χ3n) is 5.11. The van der Waals surface area contributed by atoms with E-state index >= 15 is 0 Å². The molecule has 1 N–H and O–H groups in total. The van der Waals surface area contributed by atoms with Crippen molar-refractivity contribution in [1.29, 1.82) is 0 Å². The second-order valence-corrected chi connectivity index (χ2v) is 7.33. The second kappa shape index (κ2) is 8.42. The van der Waals surface area contributed by atoms with Gasteiger partial charge in [-0.3, -0.25) is 4.79 Å². The van der Waals surface area contributed by atoms with Gasteiger partial charge in [-0.2, -0.15) is 9.90 Å². The standard InChI is InChI=1S/C20H25N7O2/c1-14-11-18(27(23-14)16-8-4-3-5-9-16)21-19(28)13-26-24-20(22-25-26)15-7-6-10-17(12-15)29-2/h6-7,10-12,16H,3-5,8-9,13H2,1-2H3,(H,21,28). The van der Waals surface area contributed by atoms with E-state index in [-0.39, 0.29) is 12.5 Å². The molecule has 1 fully saturated rings. The summed E-state index contributed by atoms with van der Waals surface area (Å²) in [6.07, 6.45) is 5.86. The highest BCUT2D eigenvalue weighted by Crippen LogP contribution is 2.30. The van der Waals surface area contributed by atoms with Gasteiger partial charge in [0.1, 0.15) is 18.1 Å². The Morgan fingerprint density at radius 1 is 1.21 bits per heavy atom. The van der Waals surface area contributed by atoms with Crippen molar-refractivity contribution in [2.24, 2.45) is 0 Å². The Morgan fingerprint density at radius 2 is 2.03 bits per heavy atom. The number of anilines is 1. The fourth-order valence-corrected chi connectivity index (χ4v) is 3.71. The summed E-state index contributed by atoms with van der Waals surface area (Å²) in [5.41, 5.74) is 1.67. The molecule has 0 saturated heterocycles. The molecule has 1 saturated carbocycles. The van der Waals surface area contributed by atoms with Crippen molar-refractivity contribution in [2.75, 3.05) is 12.4 Å². The van der Waals surface area contributed by atoms with E-state index in [1.54, 1.807) is 7.11 Å². The van der Waals surface area contributed by atoms with Gasteiger partial charge in [-0.1, -0.05) is 31.4 Å². The van der Waals surface area contributed by atoms with Crippen molar-refractivity contribution < 1.29 is 9.53 Å². The van der Waals surface area contributed by atoms with E-state index in [4.69, 9.17) is 4.74 Å². The minimum absolute atomic E-state index is 0.0220. The van der Waals surface area contributed by atoms with Crippen LogP contribution in [0.5, 0.6) is 5.75 Å². The summed E-state index contributed by atoms with van der Waals surface area (Å²) >= 11 is 0. The Balaban J connectivity index is 1.44. The first-order chi connectivity index (χ1) is 14.1. The van der Waals surface area contributed by atoms with Crippen LogP contribution in [0.25, 0.3) is 11.4 Å². The smallest absolute Gasteiger partial charge is 0.249 e. The first-order valence-corrected chi connectivity index (χ1v) is 9.90. The fourth-order valence-electron chi connectivity index (χ4n) is 3.71. The molecule has 0 atom stereocenters. The lowest BCUT2D eigenvalue weighted by Crippen LogP contribution is -2.24. The number of aryl methyl sites for hydroxylation is 1. The molecule has 152 valence electrons. The molecule has 1 amide bonds. The van der Waals surface area contributed by atoms with Gasteiger partial charge in [-0.25, -0.2) is 4.68 Å². The number of hydrogen-bond donors (Lipinski definition) is 1. The fraction of sp³-hybridized carbons (Fsp3) is 0.450. The summed E-state index contributed by atoms with van der Waals surface area (Å²) in [5.74, 6) is 1.67. The number of benzene rings is 1. The van der Waals surface area contributed by atoms with E-state index in [9.17, 15) is 4.79 Å². The predicted octanol–water partition coefficient (Wildman–Crippen LogP) is 3.00. The zero-order valence-corrected chi connectivity index (χ0v) is 16.7. The van der Waals surface area contributed by atoms with E-state index < -0.39 is 0 Å². The predicted molar refractivity (Wildman–Crippen MR) is 108 cm³/mol. The van der Waals surface area contributed by atoms with Crippen LogP contribution in [0.1, 0.15) is 43.8 Å². The lowest BCUT2D eigenvalue weighted by molar-refractivity contribution is -0.117. The van der Waals surface area contributed by atoms with Crippen molar-refractivity contribution in [2.45, 2.75) is 51.6 Å². The summed E-state index contributed by atoms with van der Waals surface area (Å²) in [6.45, 7) is 1.92. The number of aromatic nitrogens is 6. The molecule has 4 rings (SSSR count). The zero-order valence-electron chi connectivity index (χ0n) is 16.7. The van der Waals surface area contributed by atoms with Gasteiger partial charge in [0, 0.05) is 11.6 Å². The summed E-state index contributed by atoms with van der Waals surface area (Å²) in [6, 6.07) is 9.65. The Hall–Kier alpha value is -3.23. The number of ether oxygens (including phenoxy) is 1. The normalized spacial score (nSPS) is 14.7. The van der Waals surface area contributed by atoms with Gasteiger partial charge >= 0.3 is 0 Å². The maximum absolute atomic E-state index is 12.6. The Kier molecular flexibility index (Phi) is 5.55. The number of tetrazole rings is 1. The topological polar surface area (TPSA) is 99.8 Å². The molecule has 2 aromatic heterocycles. The monoisotopic (exact) mass is 395 g/mol. The van der Waals surface area contributed by atoms with Crippen molar-refractivity contribution in [3.63, 3.8) is 0 Å². The molecule has 0 unspecified atom stereocenters. The highest BCUT2D eigenvalue weighted by atomic mass is 16.5. The molecular formula is C20H25N7O2. The molecule has 9 heteroatoms. The second-order valence-electron chi connectivity index (χ2n) is 7.33. The number of nitrogens with one attached hydrogen (secondary N) is 1. The Bertz CT molecular complexity index is 988. The zero-order chi connectivity index (χ0) is 20.2. The summed E-state index contributed by atoms with van der Waals surface area (Å²) in [7, 11) is 1.60. The number of nitrogens with zero attached hydrogens (tertiary/aromatic N) is 6. The van der Waals surface area contributed by atoms with Gasteiger partial charge in [-0.05, 0) is 37.1 Å². The molecule has 9 nitrogen and oxygen atoms in total. The Morgan fingerprint density at radius 3 is 2.83 bits per heavy atom. The highest BCUT2D eigenvalue weighted by Gasteiger charge is 2.20. The van der Waals surface area contributed by atoms with Crippen LogP contribution in [0.4, 0.5) is 5.82 Å². The van der Waals surface area contributed by atoms with E-state index in [0.29, 0.717) is 17.6 Å². The van der Waals surface area contributed by atoms with Crippen molar-refractivity contribution in [3.8, 4) is 17.1 Å². The van der Waals surface area contributed by atoms with Gasteiger partial charge in [0.05, 0.1) is 18.8 Å². The van der Waals surface area contributed by atoms with Crippen LogP contribution in [-0.4, -0.2) is 43.0 Å². The number of amides is 1. The maximum atomic E-state index is 12.6. The molecule has 0 radical (unpaired) electrons. The van der Waals surface area contributed by atoms with E-state index in [0.717, 1.165) is 29.9 Å². The van der Waals surface area contributed by atoms with Crippen LogP contribution in [0.15, 0.2) is 30.3 Å². The molecule has 1 aliphatic carbocycles. The third kappa shape index (κ3) is 4.44. The first kappa shape index (κ1) is 19.1. The van der Waals surface area contributed by atoms with E-state index in [1.807, 2.05) is 41.9 Å². The lowest BCUT2D eigenvalue weighted by Gasteiger charge is -2.23. The molecule has 29 heavy (non-hydrogen) atoms. The molecule has 0 aliphatic heterocycles. The summed E-state index contributed by atoms with van der Waals surface area (Å²) < 4.78 is 7.18. The number of carbonyl (C=O) groups is 1. The molecule has 2 heterocycles.